The number of thioether (sulfide) groups is 2. The highest BCUT2D eigenvalue weighted by atomic mass is 32.2. The molecule has 0 N–H and O–H groups in total. The van der Waals surface area contributed by atoms with Gasteiger partial charge in [0.2, 0.25) is 0 Å². The summed E-state index contributed by atoms with van der Waals surface area (Å²) in [4.78, 5) is 15.6. The predicted molar refractivity (Wildman–Crippen MR) is 105 cm³/mol. The summed E-state index contributed by atoms with van der Waals surface area (Å²) in [5, 5.41) is 0. The molecule has 1 unspecified atom stereocenters. The number of rotatable bonds is 4. The minimum atomic E-state index is 0.143. The summed E-state index contributed by atoms with van der Waals surface area (Å²) in [6.07, 6.45) is 2.16. The van der Waals surface area contributed by atoms with E-state index < -0.39 is 0 Å². The van der Waals surface area contributed by atoms with Gasteiger partial charge in [-0.1, -0.05) is 0 Å². The molecule has 2 fully saturated rings. The lowest BCUT2D eigenvalue weighted by atomic mass is 9.88. The van der Waals surface area contributed by atoms with Crippen LogP contribution in [0.3, 0.4) is 0 Å². The second-order valence-corrected chi connectivity index (χ2v) is 8.98. The number of likely N-dealkylation sites (tertiary alicyclic amines) is 1. The van der Waals surface area contributed by atoms with Gasteiger partial charge in [-0.05, 0) is 50.1 Å². The number of carbonyl (C=O) groups is 1. The summed E-state index contributed by atoms with van der Waals surface area (Å²) in [5.74, 6) is 6.25. The molecule has 0 radical (unpaired) electrons. The average Bonchev–Trinajstić information content (AvgIpc) is 2.90. The molecule has 2 heterocycles. The normalized spacial score (nSPS) is 23.7. The average molecular weight is 366 g/mol. The SMILES string of the molecule is COc1ccc(C(=O)C2CCCN(C3CSCCSC3)C2)c(C)c1. The Kier molecular flexibility index (Phi) is 6.53. The summed E-state index contributed by atoms with van der Waals surface area (Å²) in [7, 11) is 1.66. The van der Waals surface area contributed by atoms with Gasteiger partial charge in [0, 0.05) is 47.1 Å². The molecule has 0 spiro atoms. The summed E-state index contributed by atoms with van der Waals surface area (Å²) < 4.78 is 5.26. The Labute approximate surface area is 153 Å². The van der Waals surface area contributed by atoms with Gasteiger partial charge in [-0.3, -0.25) is 9.69 Å². The number of ketones is 1. The van der Waals surface area contributed by atoms with Gasteiger partial charge in [0.15, 0.2) is 5.78 Å². The Morgan fingerprint density at radius 1 is 1.25 bits per heavy atom. The van der Waals surface area contributed by atoms with Crippen LogP contribution in [0.5, 0.6) is 5.75 Å². The maximum absolute atomic E-state index is 13.0. The second kappa shape index (κ2) is 8.63. The van der Waals surface area contributed by atoms with Crippen molar-refractivity contribution >= 4 is 29.3 Å². The number of piperidine rings is 1. The molecular weight excluding hydrogens is 338 g/mol. The smallest absolute Gasteiger partial charge is 0.167 e. The van der Waals surface area contributed by atoms with Crippen molar-refractivity contribution in [2.45, 2.75) is 25.8 Å². The van der Waals surface area contributed by atoms with Crippen LogP contribution in [0.15, 0.2) is 18.2 Å². The molecule has 2 aliphatic rings. The Morgan fingerprint density at radius 2 is 2.00 bits per heavy atom. The summed E-state index contributed by atoms with van der Waals surface area (Å²) in [6, 6.07) is 6.44. The molecule has 0 saturated carbocycles. The largest absolute Gasteiger partial charge is 0.497 e. The lowest BCUT2D eigenvalue weighted by Crippen LogP contribution is -2.46. The number of aryl methyl sites for hydroxylation is 1. The van der Waals surface area contributed by atoms with Crippen molar-refractivity contribution < 1.29 is 9.53 Å². The highest BCUT2D eigenvalue weighted by Gasteiger charge is 2.31. The van der Waals surface area contributed by atoms with Crippen LogP contribution in [0.25, 0.3) is 0 Å². The number of benzene rings is 1. The van der Waals surface area contributed by atoms with Gasteiger partial charge in [0.1, 0.15) is 5.75 Å². The fourth-order valence-electron chi connectivity index (χ4n) is 3.63. The standard InChI is InChI=1S/C19H27NO2S2/c1-14-10-17(22-2)5-6-18(14)19(21)15-4-3-7-20(11-15)16-12-23-8-9-24-13-16/h5-6,10,15-16H,3-4,7-9,11-13H2,1-2H3. The Bertz CT molecular complexity index is 570. The highest BCUT2D eigenvalue weighted by Crippen LogP contribution is 2.28. The maximum atomic E-state index is 13.0. The lowest BCUT2D eigenvalue weighted by molar-refractivity contribution is 0.0786. The van der Waals surface area contributed by atoms with Gasteiger partial charge >= 0.3 is 0 Å². The van der Waals surface area contributed by atoms with Gasteiger partial charge < -0.3 is 4.74 Å². The second-order valence-electron chi connectivity index (χ2n) is 6.68. The third kappa shape index (κ3) is 4.30. The van der Waals surface area contributed by atoms with Crippen LogP contribution in [0.2, 0.25) is 0 Å². The van der Waals surface area contributed by atoms with E-state index in [2.05, 4.69) is 28.4 Å². The number of hydrogen-bond donors (Lipinski definition) is 0. The molecule has 5 heteroatoms. The molecule has 0 aliphatic carbocycles. The number of ether oxygens (including phenoxy) is 1. The molecule has 2 aliphatic heterocycles. The molecule has 3 nitrogen and oxygen atoms in total. The van der Waals surface area contributed by atoms with Crippen molar-refractivity contribution in [3.63, 3.8) is 0 Å². The van der Waals surface area contributed by atoms with E-state index in [-0.39, 0.29) is 5.92 Å². The van der Waals surface area contributed by atoms with Gasteiger partial charge in [-0.15, -0.1) is 0 Å². The van der Waals surface area contributed by atoms with Crippen molar-refractivity contribution in [2.24, 2.45) is 5.92 Å². The molecule has 0 amide bonds. The van der Waals surface area contributed by atoms with Gasteiger partial charge in [0.05, 0.1) is 7.11 Å². The van der Waals surface area contributed by atoms with E-state index in [0.717, 1.165) is 42.8 Å². The predicted octanol–water partition coefficient (Wildman–Crippen LogP) is 3.75. The van der Waals surface area contributed by atoms with Crippen molar-refractivity contribution in [3.8, 4) is 5.75 Å². The molecule has 1 atom stereocenters. The highest BCUT2D eigenvalue weighted by molar-refractivity contribution is 8.03. The van der Waals surface area contributed by atoms with Crippen molar-refractivity contribution in [2.75, 3.05) is 43.2 Å². The minimum absolute atomic E-state index is 0.143. The molecule has 132 valence electrons. The van der Waals surface area contributed by atoms with Crippen LogP contribution in [0.4, 0.5) is 0 Å². The molecule has 1 aromatic rings. The first-order valence-corrected chi connectivity index (χ1v) is 11.1. The van der Waals surface area contributed by atoms with Crippen LogP contribution in [0.1, 0.15) is 28.8 Å². The number of carbonyl (C=O) groups excluding carboxylic acids is 1. The van der Waals surface area contributed by atoms with Crippen molar-refractivity contribution in [1.82, 2.24) is 4.90 Å². The summed E-state index contributed by atoms with van der Waals surface area (Å²) in [5.41, 5.74) is 1.89. The van der Waals surface area contributed by atoms with E-state index in [0.29, 0.717) is 11.8 Å². The zero-order valence-electron chi connectivity index (χ0n) is 14.6. The first kappa shape index (κ1) is 18.2. The van der Waals surface area contributed by atoms with E-state index in [1.807, 2.05) is 25.1 Å². The molecule has 1 aromatic carbocycles. The van der Waals surface area contributed by atoms with E-state index in [1.165, 1.54) is 23.0 Å². The maximum Gasteiger partial charge on any atom is 0.167 e. The first-order chi connectivity index (χ1) is 11.7. The van der Waals surface area contributed by atoms with Crippen LogP contribution in [-0.2, 0) is 0 Å². The Balaban J connectivity index is 1.68. The Hall–Kier alpha value is -0.650. The molecule has 2 saturated heterocycles. The zero-order chi connectivity index (χ0) is 16.9. The first-order valence-electron chi connectivity index (χ1n) is 8.77. The topological polar surface area (TPSA) is 29.5 Å². The van der Waals surface area contributed by atoms with E-state index >= 15 is 0 Å². The third-order valence-corrected chi connectivity index (χ3v) is 7.52. The van der Waals surface area contributed by atoms with E-state index in [1.54, 1.807) is 7.11 Å². The van der Waals surface area contributed by atoms with E-state index in [4.69, 9.17) is 4.74 Å². The minimum Gasteiger partial charge on any atom is -0.497 e. The number of Topliss-reactive ketones (excluding diaryl/α,β-unsaturated/α-hetero) is 1. The lowest BCUT2D eigenvalue weighted by Gasteiger charge is -2.37. The monoisotopic (exact) mass is 365 g/mol. The molecule has 3 rings (SSSR count). The fourth-order valence-corrected chi connectivity index (χ4v) is 6.25. The number of nitrogens with zero attached hydrogens (tertiary/aromatic N) is 1. The fraction of sp³-hybridized carbons (Fsp3) is 0.632. The van der Waals surface area contributed by atoms with Gasteiger partial charge in [-0.2, -0.15) is 23.5 Å². The number of methoxy groups -OCH3 is 1. The van der Waals surface area contributed by atoms with Crippen LogP contribution in [0, 0.1) is 12.8 Å². The third-order valence-electron chi connectivity index (χ3n) is 5.03. The van der Waals surface area contributed by atoms with Crippen LogP contribution < -0.4 is 4.74 Å². The zero-order valence-corrected chi connectivity index (χ0v) is 16.3. The Morgan fingerprint density at radius 3 is 2.67 bits per heavy atom. The van der Waals surface area contributed by atoms with Crippen LogP contribution in [-0.4, -0.2) is 59.9 Å². The van der Waals surface area contributed by atoms with Gasteiger partial charge in [0.25, 0.3) is 0 Å². The van der Waals surface area contributed by atoms with Crippen molar-refractivity contribution in [1.29, 1.82) is 0 Å². The number of hydrogen-bond acceptors (Lipinski definition) is 5. The molecule has 24 heavy (non-hydrogen) atoms. The molecular formula is C19H27NO2S2. The van der Waals surface area contributed by atoms with E-state index in [9.17, 15) is 4.79 Å². The van der Waals surface area contributed by atoms with Crippen LogP contribution >= 0.6 is 23.5 Å². The molecule has 0 bridgehead atoms. The summed E-state index contributed by atoms with van der Waals surface area (Å²) >= 11 is 4.14. The molecule has 0 aromatic heterocycles. The van der Waals surface area contributed by atoms with Gasteiger partial charge in [-0.25, -0.2) is 0 Å². The van der Waals surface area contributed by atoms with Crippen molar-refractivity contribution in [3.05, 3.63) is 29.3 Å². The summed E-state index contributed by atoms with van der Waals surface area (Å²) in [6.45, 7) is 4.09. The quantitative estimate of drug-likeness (QED) is 0.758.